The number of aromatic nitrogens is 1. The number of nitrogens with one attached hydrogen (secondary N) is 2. The number of hydrogen-bond acceptors (Lipinski definition) is 2. The molecule has 3 aliphatic rings. The third-order valence-corrected chi connectivity index (χ3v) is 3.87. The maximum Gasteiger partial charge on any atom is 0.204 e. The molecule has 3 nitrogen and oxygen atoms in total. The summed E-state index contributed by atoms with van der Waals surface area (Å²) in [4.78, 5) is 14.8. The highest BCUT2D eigenvalue weighted by Gasteiger charge is 2.64. The Hall–Kier alpha value is -1.51. The molecule has 2 aliphatic carbocycles. The second-order valence-corrected chi connectivity index (χ2v) is 4.44. The van der Waals surface area contributed by atoms with Crippen LogP contribution >= 0.6 is 0 Å². The Morgan fingerprint density at radius 2 is 2.43 bits per heavy atom. The van der Waals surface area contributed by atoms with Crippen LogP contribution < -0.4 is 5.32 Å². The van der Waals surface area contributed by atoms with Gasteiger partial charge < -0.3 is 10.3 Å². The number of piperidine rings is 1. The molecule has 0 bridgehead atoms. The van der Waals surface area contributed by atoms with Crippen LogP contribution in [0.25, 0.3) is 0 Å². The first-order chi connectivity index (χ1) is 6.82. The van der Waals surface area contributed by atoms with Crippen molar-refractivity contribution in [1.29, 1.82) is 0 Å². The van der Waals surface area contributed by atoms with Crippen LogP contribution in [0.2, 0.25) is 0 Å². The van der Waals surface area contributed by atoms with Gasteiger partial charge in [-0.1, -0.05) is 0 Å². The van der Waals surface area contributed by atoms with Crippen LogP contribution in [0.3, 0.4) is 0 Å². The molecule has 2 N–H and O–H groups in total. The zero-order chi connectivity index (χ0) is 9.34. The van der Waals surface area contributed by atoms with Gasteiger partial charge in [0.25, 0.3) is 0 Å². The summed E-state index contributed by atoms with van der Waals surface area (Å²) in [6, 6.07) is 2.06. The largest absolute Gasteiger partial charge is 0.387 e. The molecule has 0 aromatic carbocycles. The highest BCUT2D eigenvalue weighted by atomic mass is 16.1. The van der Waals surface area contributed by atoms with Crippen LogP contribution in [0.4, 0.5) is 0 Å². The predicted octanol–water partition coefficient (Wildman–Crippen LogP) is 0.956. The van der Waals surface area contributed by atoms with E-state index in [0.29, 0.717) is 0 Å². The monoisotopic (exact) mass is 186 g/mol. The number of aromatic amines is 1. The van der Waals surface area contributed by atoms with E-state index in [1.807, 2.05) is 6.20 Å². The molecule has 3 heteroatoms. The molecule has 2 atom stereocenters. The second kappa shape index (κ2) is 1.80. The molecule has 1 aliphatic heterocycles. The van der Waals surface area contributed by atoms with Gasteiger partial charge in [-0.15, -0.1) is 0 Å². The van der Waals surface area contributed by atoms with Gasteiger partial charge in [0.1, 0.15) is 0 Å². The normalized spacial score (nSPS) is 36.7. The Bertz CT molecular complexity index is 485. The third-order valence-electron chi connectivity index (χ3n) is 3.87. The van der Waals surface area contributed by atoms with Gasteiger partial charge in [0.05, 0.1) is 5.69 Å². The maximum atomic E-state index is 11.7. The van der Waals surface area contributed by atoms with Crippen molar-refractivity contribution in [3.63, 3.8) is 0 Å². The van der Waals surface area contributed by atoms with Gasteiger partial charge in [-0.25, -0.2) is 0 Å². The molecule has 0 radical (unpaired) electrons. The number of rotatable bonds is 0. The van der Waals surface area contributed by atoms with Crippen molar-refractivity contribution in [1.82, 2.24) is 10.3 Å². The predicted molar refractivity (Wildman–Crippen MR) is 51.0 cm³/mol. The summed E-state index contributed by atoms with van der Waals surface area (Å²) >= 11 is 0. The molecule has 2 heterocycles. The van der Waals surface area contributed by atoms with Crippen molar-refractivity contribution in [2.75, 3.05) is 6.54 Å². The Morgan fingerprint density at radius 1 is 1.50 bits per heavy atom. The van der Waals surface area contributed by atoms with Gasteiger partial charge >= 0.3 is 0 Å². The number of fused-ring (bicyclic) bond motifs is 1. The number of carbonyl (C=O) groups excluding carboxylic acids is 1. The fourth-order valence-electron chi connectivity index (χ4n) is 3.10. The van der Waals surface area contributed by atoms with Crippen LogP contribution in [-0.4, -0.2) is 17.3 Å². The van der Waals surface area contributed by atoms with Crippen molar-refractivity contribution >= 4 is 5.78 Å². The third kappa shape index (κ3) is 0.523. The van der Waals surface area contributed by atoms with E-state index in [0.717, 1.165) is 23.9 Å². The summed E-state index contributed by atoms with van der Waals surface area (Å²) < 4.78 is 0. The van der Waals surface area contributed by atoms with E-state index in [4.69, 9.17) is 0 Å². The first kappa shape index (κ1) is 6.87. The van der Waals surface area contributed by atoms with Gasteiger partial charge in [-0.3, -0.25) is 4.79 Å². The van der Waals surface area contributed by atoms with Crippen LogP contribution in [-0.2, 0) is 5.41 Å². The fraction of sp³-hybridized carbons (Fsp3) is 0.364. The molecule has 1 aromatic rings. The minimum absolute atomic E-state index is 0.116. The number of H-pyrrole nitrogens is 1. The molecular formula is C11H10N2O. The molecule has 0 amide bonds. The number of allylic oxidation sites excluding steroid dienone is 2. The van der Waals surface area contributed by atoms with Gasteiger partial charge in [0.15, 0.2) is 0 Å². The van der Waals surface area contributed by atoms with Crippen LogP contribution in [0, 0.1) is 5.92 Å². The SMILES string of the molecule is O=C1C=C2NC[C@@H]3C[C@@]23c2cc[nH]c21. The van der Waals surface area contributed by atoms with Gasteiger partial charge in [0, 0.05) is 29.9 Å². The maximum absolute atomic E-state index is 11.7. The topological polar surface area (TPSA) is 44.9 Å². The Balaban J connectivity index is 2.05. The summed E-state index contributed by atoms with van der Waals surface area (Å²) in [5.41, 5.74) is 3.37. The van der Waals surface area contributed by atoms with E-state index in [-0.39, 0.29) is 11.2 Å². The van der Waals surface area contributed by atoms with Crippen molar-refractivity contribution in [3.05, 3.63) is 35.3 Å². The van der Waals surface area contributed by atoms with Crippen molar-refractivity contribution in [2.45, 2.75) is 11.8 Å². The summed E-state index contributed by atoms with van der Waals surface area (Å²) in [5, 5.41) is 3.34. The first-order valence-corrected chi connectivity index (χ1v) is 5.00. The molecule has 1 saturated carbocycles. The number of hydrogen-bond donors (Lipinski definition) is 2. The van der Waals surface area contributed by atoms with E-state index < -0.39 is 0 Å². The quantitative estimate of drug-likeness (QED) is 0.633. The lowest BCUT2D eigenvalue weighted by Gasteiger charge is -2.20. The molecular weight excluding hydrogens is 176 g/mol. The second-order valence-electron chi connectivity index (χ2n) is 4.44. The highest BCUT2D eigenvalue weighted by Crippen LogP contribution is 2.63. The lowest BCUT2D eigenvalue weighted by molar-refractivity contribution is 0.103. The minimum Gasteiger partial charge on any atom is -0.387 e. The summed E-state index contributed by atoms with van der Waals surface area (Å²) in [6.45, 7) is 1.03. The lowest BCUT2D eigenvalue weighted by Crippen LogP contribution is -2.24. The van der Waals surface area contributed by atoms with E-state index >= 15 is 0 Å². The van der Waals surface area contributed by atoms with E-state index in [2.05, 4.69) is 16.4 Å². The summed E-state index contributed by atoms with van der Waals surface area (Å²) in [6.07, 6.45) is 4.86. The minimum atomic E-state index is 0.116. The summed E-state index contributed by atoms with van der Waals surface area (Å²) in [7, 11) is 0. The standard InChI is InChI=1S/C11H10N2O/c14-8-3-9-11(4-6(11)5-13-9)7-1-2-12-10(7)8/h1-3,6,12-13H,4-5H2/t6-,11+/m0/s1. The average molecular weight is 186 g/mol. The smallest absolute Gasteiger partial charge is 0.204 e. The van der Waals surface area contributed by atoms with Gasteiger partial charge in [-0.05, 0) is 24.0 Å². The van der Waals surface area contributed by atoms with E-state index in [1.165, 1.54) is 12.0 Å². The zero-order valence-corrected chi connectivity index (χ0v) is 7.63. The molecule has 0 unspecified atom stereocenters. The molecule has 1 spiro atoms. The van der Waals surface area contributed by atoms with Crippen LogP contribution in [0.5, 0.6) is 0 Å². The highest BCUT2D eigenvalue weighted by molar-refractivity contribution is 6.07. The van der Waals surface area contributed by atoms with E-state index in [9.17, 15) is 4.79 Å². The zero-order valence-electron chi connectivity index (χ0n) is 7.63. The lowest BCUT2D eigenvalue weighted by atomic mass is 9.86. The average Bonchev–Trinajstić information content (AvgIpc) is 2.62. The first-order valence-electron chi connectivity index (χ1n) is 5.00. The van der Waals surface area contributed by atoms with Gasteiger partial charge in [0.2, 0.25) is 5.78 Å². The Kier molecular flexibility index (Phi) is 0.884. The molecule has 4 rings (SSSR count). The number of carbonyl (C=O) groups is 1. The van der Waals surface area contributed by atoms with Crippen molar-refractivity contribution < 1.29 is 4.79 Å². The molecule has 14 heavy (non-hydrogen) atoms. The van der Waals surface area contributed by atoms with Crippen molar-refractivity contribution in [2.24, 2.45) is 5.92 Å². The van der Waals surface area contributed by atoms with Crippen molar-refractivity contribution in [3.8, 4) is 0 Å². The molecule has 1 saturated heterocycles. The Morgan fingerprint density at radius 3 is 3.29 bits per heavy atom. The number of ketones is 1. The Labute approximate surface area is 81.2 Å². The van der Waals surface area contributed by atoms with Gasteiger partial charge in [-0.2, -0.15) is 0 Å². The van der Waals surface area contributed by atoms with Crippen LogP contribution in [0.15, 0.2) is 24.0 Å². The van der Waals surface area contributed by atoms with E-state index in [1.54, 1.807) is 6.08 Å². The fourth-order valence-corrected chi connectivity index (χ4v) is 3.10. The molecule has 2 fully saturated rings. The molecule has 70 valence electrons. The molecule has 1 aromatic heterocycles. The summed E-state index contributed by atoms with van der Waals surface area (Å²) in [5.74, 6) is 0.835. The van der Waals surface area contributed by atoms with Crippen LogP contribution in [0.1, 0.15) is 22.5 Å².